The molecule has 1 amide bonds. The number of para-hydroxylation sites is 1. The van der Waals surface area contributed by atoms with Crippen molar-refractivity contribution in [2.45, 2.75) is 39.2 Å². The molecule has 37 heavy (non-hydrogen) atoms. The van der Waals surface area contributed by atoms with Crippen molar-refractivity contribution in [3.8, 4) is 22.8 Å². The lowest BCUT2D eigenvalue weighted by molar-refractivity contribution is 0.0295. The summed E-state index contributed by atoms with van der Waals surface area (Å²) in [4.78, 5) is 21.3. The van der Waals surface area contributed by atoms with E-state index in [1.54, 1.807) is 40.9 Å². The maximum atomic E-state index is 14.5. The highest BCUT2D eigenvalue weighted by atomic mass is 19.1. The van der Waals surface area contributed by atoms with Crippen LogP contribution in [0.3, 0.4) is 0 Å². The Kier molecular flexibility index (Phi) is 7.56. The minimum atomic E-state index is -0.490. The Balaban J connectivity index is 0.000000225. The summed E-state index contributed by atoms with van der Waals surface area (Å²) in [5.74, 6) is 0.517. The molecule has 0 bridgehead atoms. The second kappa shape index (κ2) is 10.8. The second-order valence-electron chi connectivity index (χ2n) is 9.66. The highest BCUT2D eigenvalue weighted by molar-refractivity contribution is 5.98. The largest absolute Gasteiger partial charge is 0.454 e. The number of benzene rings is 2. The zero-order valence-electron chi connectivity index (χ0n) is 21.4. The lowest BCUT2D eigenvalue weighted by Crippen LogP contribution is -2.34. The molecule has 10 heteroatoms. The number of amides is 1. The molecule has 5 rings (SSSR count). The molecule has 1 saturated heterocycles. The van der Waals surface area contributed by atoms with Crippen LogP contribution in [0.1, 0.15) is 33.6 Å². The number of ether oxygens (including phenoxy) is 2. The summed E-state index contributed by atoms with van der Waals surface area (Å²) in [6.07, 6.45) is 3.43. The number of likely N-dealkylation sites (tertiary alicyclic amines) is 1. The minimum absolute atomic E-state index is 0.138. The molecule has 2 N–H and O–H groups in total. The molecule has 4 aromatic rings. The molecule has 0 unspecified atom stereocenters. The number of aryl methyl sites for hydroxylation is 1. The molecule has 0 aliphatic carbocycles. The van der Waals surface area contributed by atoms with Crippen LogP contribution in [0.25, 0.3) is 22.3 Å². The Morgan fingerprint density at radius 1 is 1.05 bits per heavy atom. The SMILES string of the molecule is CC(C)(C)OC(=O)N1CCCC1.Cn1nc(-c2ccc(Oc3ccccc3)c(F)c2)c2c(N)ncnc21. The van der Waals surface area contributed by atoms with Crippen LogP contribution < -0.4 is 10.5 Å². The Hall–Kier alpha value is -4.21. The summed E-state index contributed by atoms with van der Waals surface area (Å²) in [5, 5.41) is 5.00. The summed E-state index contributed by atoms with van der Waals surface area (Å²) >= 11 is 0. The molecule has 0 radical (unpaired) electrons. The first-order valence-corrected chi connectivity index (χ1v) is 12.1. The fourth-order valence-corrected chi connectivity index (χ4v) is 3.88. The van der Waals surface area contributed by atoms with Crippen LogP contribution in [-0.4, -0.2) is 49.4 Å². The molecule has 1 fully saturated rings. The van der Waals surface area contributed by atoms with Crippen LogP contribution in [0.2, 0.25) is 0 Å². The number of anilines is 1. The third-order valence-electron chi connectivity index (χ3n) is 5.58. The normalized spacial score (nSPS) is 13.3. The second-order valence-corrected chi connectivity index (χ2v) is 9.66. The van der Waals surface area contributed by atoms with Crippen LogP contribution in [0, 0.1) is 5.82 Å². The Morgan fingerprint density at radius 2 is 1.76 bits per heavy atom. The van der Waals surface area contributed by atoms with Gasteiger partial charge in [0.05, 0.1) is 5.39 Å². The van der Waals surface area contributed by atoms with E-state index in [0.717, 1.165) is 25.9 Å². The van der Waals surface area contributed by atoms with Crippen molar-refractivity contribution in [3.63, 3.8) is 0 Å². The van der Waals surface area contributed by atoms with E-state index in [1.807, 2.05) is 39.0 Å². The highest BCUT2D eigenvalue weighted by Gasteiger charge is 2.24. The number of nitrogens with two attached hydrogens (primary N) is 1. The van der Waals surface area contributed by atoms with Gasteiger partial charge in [-0.25, -0.2) is 23.8 Å². The third kappa shape index (κ3) is 6.32. The van der Waals surface area contributed by atoms with Gasteiger partial charge in [0.1, 0.15) is 29.2 Å². The molecule has 0 spiro atoms. The lowest BCUT2D eigenvalue weighted by Gasteiger charge is -2.23. The van der Waals surface area contributed by atoms with E-state index in [-0.39, 0.29) is 17.4 Å². The average Bonchev–Trinajstić information content (AvgIpc) is 3.50. The first-order valence-electron chi connectivity index (χ1n) is 12.1. The number of carbonyl (C=O) groups is 1. The molecule has 9 nitrogen and oxygen atoms in total. The number of hydrogen-bond acceptors (Lipinski definition) is 7. The fraction of sp³-hybridized carbons (Fsp3) is 0.333. The maximum Gasteiger partial charge on any atom is 0.410 e. The van der Waals surface area contributed by atoms with Crippen LogP contribution in [0.4, 0.5) is 15.0 Å². The van der Waals surface area contributed by atoms with Crippen molar-refractivity contribution in [1.82, 2.24) is 24.6 Å². The first-order chi connectivity index (χ1) is 17.6. The minimum Gasteiger partial charge on any atom is -0.454 e. The lowest BCUT2D eigenvalue weighted by atomic mass is 10.1. The van der Waals surface area contributed by atoms with Crippen LogP contribution in [0.15, 0.2) is 54.9 Å². The van der Waals surface area contributed by atoms with Gasteiger partial charge in [-0.3, -0.25) is 0 Å². The van der Waals surface area contributed by atoms with Gasteiger partial charge in [0.15, 0.2) is 17.2 Å². The molecule has 2 aromatic carbocycles. The number of rotatable bonds is 3. The number of carbonyl (C=O) groups excluding carboxylic acids is 1. The van der Waals surface area contributed by atoms with Crippen molar-refractivity contribution >= 4 is 22.9 Å². The molecule has 0 saturated carbocycles. The van der Waals surface area contributed by atoms with E-state index in [9.17, 15) is 9.18 Å². The monoisotopic (exact) mass is 506 g/mol. The predicted octanol–water partition coefficient (Wildman–Crippen LogP) is 5.56. The quantitative estimate of drug-likeness (QED) is 0.387. The van der Waals surface area contributed by atoms with Crippen molar-refractivity contribution in [1.29, 1.82) is 0 Å². The maximum absolute atomic E-state index is 14.5. The number of nitrogens with zero attached hydrogens (tertiary/aromatic N) is 5. The van der Waals surface area contributed by atoms with Gasteiger partial charge in [0, 0.05) is 25.7 Å². The van der Waals surface area contributed by atoms with E-state index in [2.05, 4.69) is 15.1 Å². The average molecular weight is 507 g/mol. The topological polar surface area (TPSA) is 108 Å². The van der Waals surface area contributed by atoms with Gasteiger partial charge in [-0.1, -0.05) is 18.2 Å². The van der Waals surface area contributed by atoms with E-state index in [4.69, 9.17) is 15.2 Å². The predicted molar refractivity (Wildman–Crippen MR) is 140 cm³/mol. The standard InChI is InChI=1S/C18H14FN5O.C9H17NO2/c1-24-18-15(17(20)21-10-22-18)16(23-24)11-7-8-14(13(19)9-11)25-12-5-3-2-4-6-12;1-9(2,3)12-8(11)10-6-4-5-7-10/h2-10H,1H3,(H2,20,21,22);4-7H2,1-3H3. The highest BCUT2D eigenvalue weighted by Crippen LogP contribution is 2.33. The molecule has 1 aliphatic rings. The van der Waals surface area contributed by atoms with Crippen molar-refractivity contribution in [2.75, 3.05) is 18.8 Å². The Bertz CT molecular complexity index is 1380. The first kappa shape index (κ1) is 25.9. The van der Waals surface area contributed by atoms with Crippen molar-refractivity contribution in [3.05, 3.63) is 60.7 Å². The van der Waals surface area contributed by atoms with E-state index < -0.39 is 5.82 Å². The van der Waals surface area contributed by atoms with Gasteiger partial charge in [-0.05, 0) is 63.9 Å². The number of hydrogen-bond donors (Lipinski definition) is 1. The third-order valence-corrected chi connectivity index (χ3v) is 5.58. The number of halogens is 1. The molecule has 0 atom stereocenters. The van der Waals surface area contributed by atoms with Gasteiger partial charge < -0.3 is 20.1 Å². The molecule has 2 aromatic heterocycles. The van der Waals surface area contributed by atoms with Crippen LogP contribution >= 0.6 is 0 Å². The summed E-state index contributed by atoms with van der Waals surface area (Å²) in [6.45, 7) is 7.38. The molecule has 3 heterocycles. The summed E-state index contributed by atoms with van der Waals surface area (Å²) < 4.78 is 26.9. The number of fused-ring (bicyclic) bond motifs is 1. The van der Waals surface area contributed by atoms with Gasteiger partial charge in [0.25, 0.3) is 0 Å². The molecular weight excluding hydrogens is 475 g/mol. The summed E-state index contributed by atoms with van der Waals surface area (Å²) in [7, 11) is 1.75. The zero-order valence-corrected chi connectivity index (χ0v) is 21.4. The molecule has 1 aliphatic heterocycles. The smallest absolute Gasteiger partial charge is 0.410 e. The zero-order chi connectivity index (χ0) is 26.6. The van der Waals surface area contributed by atoms with Gasteiger partial charge in [-0.15, -0.1) is 0 Å². The van der Waals surface area contributed by atoms with Crippen LogP contribution in [0.5, 0.6) is 11.5 Å². The number of nitrogen functional groups attached to an aromatic ring is 1. The molecule has 194 valence electrons. The van der Waals surface area contributed by atoms with Gasteiger partial charge in [0.2, 0.25) is 0 Å². The van der Waals surface area contributed by atoms with Gasteiger partial charge >= 0.3 is 6.09 Å². The number of aromatic nitrogens is 4. The van der Waals surface area contributed by atoms with E-state index in [1.165, 1.54) is 12.4 Å². The van der Waals surface area contributed by atoms with Crippen molar-refractivity contribution in [2.24, 2.45) is 7.05 Å². The Labute approximate surface area is 215 Å². The molecular formula is C27H31FN6O3. The summed E-state index contributed by atoms with van der Waals surface area (Å²) in [5.41, 5.74) is 7.29. The van der Waals surface area contributed by atoms with E-state index in [0.29, 0.717) is 33.9 Å². The Morgan fingerprint density at radius 3 is 2.41 bits per heavy atom. The van der Waals surface area contributed by atoms with E-state index >= 15 is 0 Å². The summed E-state index contributed by atoms with van der Waals surface area (Å²) in [6, 6.07) is 13.7. The van der Waals surface area contributed by atoms with Crippen molar-refractivity contribution < 1.29 is 18.7 Å². The van der Waals surface area contributed by atoms with Crippen LogP contribution in [-0.2, 0) is 11.8 Å². The van der Waals surface area contributed by atoms with Gasteiger partial charge in [-0.2, -0.15) is 5.10 Å². The fourth-order valence-electron chi connectivity index (χ4n) is 3.88.